The molecule has 0 saturated heterocycles. The summed E-state index contributed by atoms with van der Waals surface area (Å²) in [4.78, 5) is 9.72. The van der Waals surface area contributed by atoms with Crippen LogP contribution >= 0.6 is 0 Å². The normalized spacial score (nSPS) is 11.2. The Morgan fingerprint density at radius 2 is 2.12 bits per heavy atom. The molecule has 0 bridgehead atoms. The van der Waals surface area contributed by atoms with E-state index >= 15 is 0 Å². The average Bonchev–Trinajstić information content (AvgIpc) is 2.67. The number of ether oxygens (including phenoxy) is 1. The Labute approximate surface area is 100 Å². The van der Waals surface area contributed by atoms with Crippen LogP contribution in [0.3, 0.4) is 0 Å². The lowest BCUT2D eigenvalue weighted by Crippen LogP contribution is -2.19. The van der Waals surface area contributed by atoms with Crippen molar-refractivity contribution in [2.75, 3.05) is 20.3 Å². The zero-order valence-corrected chi connectivity index (χ0v) is 10.1. The van der Waals surface area contributed by atoms with Gasteiger partial charge in [-0.2, -0.15) is 5.48 Å². The van der Waals surface area contributed by atoms with Gasteiger partial charge in [0.15, 0.2) is 0 Å². The number of methoxy groups -OCH3 is 1. The second-order valence-electron chi connectivity index (χ2n) is 3.74. The molecule has 0 aliphatic rings. The van der Waals surface area contributed by atoms with Crippen molar-refractivity contribution in [1.29, 1.82) is 0 Å². The lowest BCUT2D eigenvalue weighted by molar-refractivity contribution is 0.00222. The highest BCUT2D eigenvalue weighted by atomic mass is 16.7. The van der Waals surface area contributed by atoms with Crippen LogP contribution < -0.4 is 5.48 Å². The molecule has 0 radical (unpaired) electrons. The molecule has 0 aliphatic carbocycles. The van der Waals surface area contributed by atoms with E-state index in [2.05, 4.69) is 21.1 Å². The molecular weight excluding hydrogens is 218 g/mol. The van der Waals surface area contributed by atoms with E-state index in [-0.39, 0.29) is 0 Å². The minimum atomic E-state index is 0.528. The number of benzene rings is 1. The van der Waals surface area contributed by atoms with Gasteiger partial charge in [0.1, 0.15) is 5.82 Å². The highest BCUT2D eigenvalue weighted by Gasteiger charge is 2.05. The number of hydroxylamine groups is 1. The Morgan fingerprint density at radius 1 is 1.29 bits per heavy atom. The molecule has 1 aromatic carbocycles. The third-order valence-electron chi connectivity index (χ3n) is 2.60. The van der Waals surface area contributed by atoms with Crippen molar-refractivity contribution in [2.45, 2.75) is 6.54 Å². The van der Waals surface area contributed by atoms with E-state index in [0.29, 0.717) is 19.8 Å². The number of aryl methyl sites for hydroxylation is 1. The molecule has 0 amide bonds. The lowest BCUT2D eigenvalue weighted by atomic mass is 10.3. The van der Waals surface area contributed by atoms with Gasteiger partial charge in [0, 0.05) is 14.2 Å². The average molecular weight is 235 g/mol. The SMILES string of the molecule is COCCONCc1nc2ccccc2n1C. The third-order valence-corrected chi connectivity index (χ3v) is 2.60. The number of rotatable bonds is 6. The molecule has 0 atom stereocenters. The number of hydrogen-bond donors (Lipinski definition) is 1. The van der Waals surface area contributed by atoms with Gasteiger partial charge < -0.3 is 9.30 Å². The summed E-state index contributed by atoms with van der Waals surface area (Å²) in [6.07, 6.45) is 0. The molecule has 0 unspecified atom stereocenters. The molecule has 92 valence electrons. The summed E-state index contributed by atoms with van der Waals surface area (Å²) >= 11 is 0. The summed E-state index contributed by atoms with van der Waals surface area (Å²) in [5.74, 6) is 0.948. The third kappa shape index (κ3) is 2.82. The first-order chi connectivity index (χ1) is 8.33. The molecule has 1 N–H and O–H groups in total. The number of aromatic nitrogens is 2. The van der Waals surface area contributed by atoms with E-state index in [1.54, 1.807) is 7.11 Å². The minimum absolute atomic E-state index is 0.528. The van der Waals surface area contributed by atoms with Crippen molar-refractivity contribution < 1.29 is 9.57 Å². The van der Waals surface area contributed by atoms with Gasteiger partial charge in [-0.1, -0.05) is 12.1 Å². The molecule has 0 fully saturated rings. The zero-order valence-electron chi connectivity index (χ0n) is 10.1. The van der Waals surface area contributed by atoms with Gasteiger partial charge in [0.05, 0.1) is 30.8 Å². The van der Waals surface area contributed by atoms with Crippen molar-refractivity contribution in [3.8, 4) is 0 Å². The first-order valence-electron chi connectivity index (χ1n) is 5.57. The maximum Gasteiger partial charge on any atom is 0.126 e. The van der Waals surface area contributed by atoms with E-state index in [9.17, 15) is 0 Å². The van der Waals surface area contributed by atoms with Crippen LogP contribution in [0.4, 0.5) is 0 Å². The second kappa shape index (κ2) is 5.77. The zero-order chi connectivity index (χ0) is 12.1. The Morgan fingerprint density at radius 3 is 2.88 bits per heavy atom. The first-order valence-corrected chi connectivity index (χ1v) is 5.57. The van der Waals surface area contributed by atoms with Crippen LogP contribution in [0.1, 0.15) is 5.82 Å². The smallest absolute Gasteiger partial charge is 0.126 e. The predicted molar refractivity (Wildman–Crippen MR) is 65.4 cm³/mol. The van der Waals surface area contributed by atoms with Crippen LogP contribution in [0.5, 0.6) is 0 Å². The van der Waals surface area contributed by atoms with Crippen LogP contribution in [0.15, 0.2) is 24.3 Å². The topological polar surface area (TPSA) is 48.3 Å². The van der Waals surface area contributed by atoms with E-state index in [1.165, 1.54) is 0 Å². The molecule has 17 heavy (non-hydrogen) atoms. The number of para-hydroxylation sites is 2. The van der Waals surface area contributed by atoms with Gasteiger partial charge in [-0.25, -0.2) is 4.98 Å². The summed E-state index contributed by atoms with van der Waals surface area (Å²) in [5.41, 5.74) is 5.00. The minimum Gasteiger partial charge on any atom is -0.382 e. The Kier molecular flexibility index (Phi) is 4.08. The van der Waals surface area contributed by atoms with Gasteiger partial charge >= 0.3 is 0 Å². The van der Waals surface area contributed by atoms with Crippen molar-refractivity contribution >= 4 is 11.0 Å². The summed E-state index contributed by atoms with van der Waals surface area (Å²) in [5, 5.41) is 0. The molecular formula is C12H17N3O2. The summed E-state index contributed by atoms with van der Waals surface area (Å²) in [6.45, 7) is 1.69. The summed E-state index contributed by atoms with van der Waals surface area (Å²) in [6, 6.07) is 8.06. The molecule has 2 aromatic rings. The largest absolute Gasteiger partial charge is 0.382 e. The lowest BCUT2D eigenvalue weighted by Gasteiger charge is -2.05. The maximum atomic E-state index is 5.20. The number of imidazole rings is 1. The molecule has 5 nitrogen and oxygen atoms in total. The molecule has 1 aromatic heterocycles. The van der Waals surface area contributed by atoms with Crippen LogP contribution in [0.25, 0.3) is 11.0 Å². The van der Waals surface area contributed by atoms with E-state index in [4.69, 9.17) is 9.57 Å². The summed E-state index contributed by atoms with van der Waals surface area (Å²) in [7, 11) is 3.65. The van der Waals surface area contributed by atoms with Gasteiger partial charge in [0.25, 0.3) is 0 Å². The Bertz CT molecular complexity index is 482. The Balaban J connectivity index is 1.97. The van der Waals surface area contributed by atoms with Crippen molar-refractivity contribution in [3.05, 3.63) is 30.1 Å². The maximum absolute atomic E-state index is 5.20. The monoisotopic (exact) mass is 235 g/mol. The van der Waals surface area contributed by atoms with Gasteiger partial charge in [0.2, 0.25) is 0 Å². The molecule has 0 saturated carbocycles. The number of fused-ring (bicyclic) bond motifs is 1. The number of nitrogens with one attached hydrogen (secondary N) is 1. The molecule has 1 heterocycles. The van der Waals surface area contributed by atoms with Gasteiger partial charge in [-0.3, -0.25) is 4.84 Å². The molecule has 5 heteroatoms. The Hall–Kier alpha value is -1.43. The molecule has 2 rings (SSSR count). The second-order valence-corrected chi connectivity index (χ2v) is 3.74. The van der Waals surface area contributed by atoms with Gasteiger partial charge in [-0.05, 0) is 12.1 Å². The van der Waals surface area contributed by atoms with Crippen molar-refractivity contribution in [2.24, 2.45) is 7.05 Å². The predicted octanol–water partition coefficient (Wildman–Crippen LogP) is 1.24. The highest BCUT2D eigenvalue weighted by Crippen LogP contribution is 2.13. The van der Waals surface area contributed by atoms with Crippen LogP contribution in [-0.2, 0) is 23.2 Å². The highest BCUT2D eigenvalue weighted by molar-refractivity contribution is 5.75. The van der Waals surface area contributed by atoms with Crippen LogP contribution in [0, 0.1) is 0 Å². The molecule has 0 spiro atoms. The van der Waals surface area contributed by atoms with E-state index in [1.807, 2.05) is 25.2 Å². The van der Waals surface area contributed by atoms with E-state index < -0.39 is 0 Å². The first kappa shape index (κ1) is 12.0. The number of hydrogen-bond acceptors (Lipinski definition) is 4. The fraction of sp³-hybridized carbons (Fsp3) is 0.417. The van der Waals surface area contributed by atoms with Gasteiger partial charge in [-0.15, -0.1) is 0 Å². The molecule has 0 aliphatic heterocycles. The quantitative estimate of drug-likeness (QED) is 0.604. The fourth-order valence-electron chi connectivity index (χ4n) is 1.67. The van der Waals surface area contributed by atoms with Crippen molar-refractivity contribution in [1.82, 2.24) is 15.0 Å². The standard InChI is InChI=1S/C12H17N3O2/c1-15-11-6-4-3-5-10(11)14-12(15)9-13-17-8-7-16-2/h3-6,13H,7-9H2,1-2H3. The fourth-order valence-corrected chi connectivity index (χ4v) is 1.67. The van der Waals surface area contributed by atoms with Crippen LogP contribution in [0.2, 0.25) is 0 Å². The van der Waals surface area contributed by atoms with Crippen LogP contribution in [-0.4, -0.2) is 29.9 Å². The van der Waals surface area contributed by atoms with E-state index in [0.717, 1.165) is 16.9 Å². The van der Waals surface area contributed by atoms with Crippen molar-refractivity contribution in [3.63, 3.8) is 0 Å². The summed E-state index contributed by atoms with van der Waals surface area (Å²) < 4.78 is 6.94. The number of nitrogens with zero attached hydrogens (tertiary/aromatic N) is 2.